The van der Waals surface area contributed by atoms with Gasteiger partial charge in [-0.1, -0.05) is 18.2 Å². The molecule has 6 nitrogen and oxygen atoms in total. The number of anilines is 1. The molecule has 0 aliphatic carbocycles. The molecular formula is C26H21N5O. The fourth-order valence-electron chi connectivity index (χ4n) is 3.84. The van der Waals surface area contributed by atoms with Crippen molar-refractivity contribution in [2.45, 2.75) is 6.42 Å². The number of carbonyl (C=O) groups is 1. The molecule has 0 fully saturated rings. The molecule has 2 N–H and O–H groups in total. The Morgan fingerprint density at radius 2 is 1.94 bits per heavy atom. The normalized spacial score (nSPS) is 13.4. The number of nitrogen functional groups attached to an aromatic ring is 1. The Hall–Kier alpha value is -4.37. The van der Waals surface area contributed by atoms with Crippen LogP contribution in [0, 0.1) is 12.0 Å². The van der Waals surface area contributed by atoms with Gasteiger partial charge in [0.05, 0.1) is 0 Å². The monoisotopic (exact) mass is 419 g/mol. The molecule has 0 bridgehead atoms. The van der Waals surface area contributed by atoms with Gasteiger partial charge in [0.15, 0.2) is 0 Å². The summed E-state index contributed by atoms with van der Waals surface area (Å²) in [5, 5.41) is 2.04. The number of carbonyl (C=O) groups excluding carboxylic acids is 1. The van der Waals surface area contributed by atoms with Crippen LogP contribution in [0.2, 0.25) is 0 Å². The summed E-state index contributed by atoms with van der Waals surface area (Å²) in [5.74, 6) is 3.63. The third-order valence-corrected chi connectivity index (χ3v) is 5.63. The van der Waals surface area contributed by atoms with Crippen molar-refractivity contribution in [3.8, 4) is 12.0 Å². The molecule has 1 aliphatic heterocycles. The van der Waals surface area contributed by atoms with Crippen molar-refractivity contribution in [2.75, 3.05) is 18.8 Å². The fraction of sp³-hybridized carbons (Fsp3) is 0.115. The van der Waals surface area contributed by atoms with Crippen LogP contribution in [0.3, 0.4) is 0 Å². The number of benzene rings is 2. The smallest absolute Gasteiger partial charge is 0.254 e. The summed E-state index contributed by atoms with van der Waals surface area (Å²) in [6.07, 6.45) is 9.76. The Balaban J connectivity index is 1.28. The van der Waals surface area contributed by atoms with Crippen LogP contribution in [0.4, 0.5) is 5.82 Å². The van der Waals surface area contributed by atoms with Crippen molar-refractivity contribution in [1.82, 2.24) is 19.4 Å². The van der Waals surface area contributed by atoms with Crippen molar-refractivity contribution in [3.05, 3.63) is 96.2 Å². The van der Waals surface area contributed by atoms with E-state index in [1.54, 1.807) is 29.5 Å². The Morgan fingerprint density at radius 3 is 2.69 bits per heavy atom. The molecule has 1 amide bonds. The van der Waals surface area contributed by atoms with E-state index in [2.05, 4.69) is 46.2 Å². The molecule has 2 aromatic heterocycles. The first-order valence-corrected chi connectivity index (χ1v) is 10.4. The number of aromatic nitrogens is 3. The second kappa shape index (κ2) is 8.40. The van der Waals surface area contributed by atoms with E-state index in [0.717, 1.165) is 28.3 Å². The molecule has 4 aromatic rings. The van der Waals surface area contributed by atoms with Crippen LogP contribution in [0.25, 0.3) is 16.3 Å². The lowest BCUT2D eigenvalue weighted by Gasteiger charge is -2.27. The standard InChI is InChI=1S/C26H21N5O/c27-25-24-17-23(6-5-21(24)7-11-29-25)20-9-14-31(15-10-20)26(32)22-3-1-19(2-4-22)8-13-30-16-12-28-18-30/h1-7,9,11-12,16-18H,10,14-15H2,(H2,27,29). The lowest BCUT2D eigenvalue weighted by molar-refractivity contribution is 0.0773. The van der Waals surface area contributed by atoms with E-state index in [4.69, 9.17) is 5.73 Å². The highest BCUT2D eigenvalue weighted by atomic mass is 16.2. The third-order valence-electron chi connectivity index (χ3n) is 5.63. The minimum absolute atomic E-state index is 0.0291. The van der Waals surface area contributed by atoms with E-state index in [1.165, 1.54) is 5.57 Å². The molecule has 0 radical (unpaired) electrons. The van der Waals surface area contributed by atoms with E-state index in [9.17, 15) is 4.79 Å². The zero-order valence-electron chi connectivity index (χ0n) is 17.4. The number of imidazole rings is 1. The maximum Gasteiger partial charge on any atom is 0.254 e. The minimum atomic E-state index is 0.0291. The fourth-order valence-corrected chi connectivity index (χ4v) is 3.84. The molecule has 2 aromatic carbocycles. The molecule has 0 unspecified atom stereocenters. The summed E-state index contributed by atoms with van der Waals surface area (Å²) in [5.41, 5.74) is 9.91. The quantitative estimate of drug-likeness (QED) is 0.502. The van der Waals surface area contributed by atoms with Gasteiger partial charge in [-0.3, -0.25) is 9.36 Å². The highest BCUT2D eigenvalue weighted by Crippen LogP contribution is 2.28. The topological polar surface area (TPSA) is 77.0 Å². The van der Waals surface area contributed by atoms with Gasteiger partial charge in [0.25, 0.3) is 5.91 Å². The van der Waals surface area contributed by atoms with Crippen LogP contribution in [0.1, 0.15) is 27.9 Å². The molecule has 0 saturated heterocycles. The molecule has 0 saturated carbocycles. The molecule has 0 atom stereocenters. The lowest BCUT2D eigenvalue weighted by Crippen LogP contribution is -2.34. The van der Waals surface area contributed by atoms with Crippen LogP contribution in [-0.4, -0.2) is 38.4 Å². The number of nitrogens with two attached hydrogens (primary N) is 1. The van der Waals surface area contributed by atoms with E-state index >= 15 is 0 Å². The zero-order chi connectivity index (χ0) is 21.9. The summed E-state index contributed by atoms with van der Waals surface area (Å²) in [6, 6.07) is 18.6. The molecule has 3 heterocycles. The van der Waals surface area contributed by atoms with Crippen molar-refractivity contribution in [3.63, 3.8) is 0 Å². The highest BCUT2D eigenvalue weighted by molar-refractivity contribution is 5.95. The molecule has 0 spiro atoms. The summed E-state index contributed by atoms with van der Waals surface area (Å²) in [7, 11) is 0. The first-order chi connectivity index (χ1) is 15.7. The van der Waals surface area contributed by atoms with E-state index in [1.807, 2.05) is 35.2 Å². The maximum atomic E-state index is 12.9. The number of rotatable bonds is 2. The van der Waals surface area contributed by atoms with Crippen LogP contribution < -0.4 is 5.73 Å². The van der Waals surface area contributed by atoms with Crippen LogP contribution in [0.5, 0.6) is 0 Å². The van der Waals surface area contributed by atoms with Gasteiger partial charge in [-0.2, -0.15) is 0 Å². The zero-order valence-corrected chi connectivity index (χ0v) is 17.4. The van der Waals surface area contributed by atoms with Crippen LogP contribution in [-0.2, 0) is 0 Å². The van der Waals surface area contributed by atoms with Crippen LogP contribution in [0.15, 0.2) is 79.5 Å². The van der Waals surface area contributed by atoms with Gasteiger partial charge in [-0.25, -0.2) is 9.97 Å². The number of hydrogen-bond acceptors (Lipinski definition) is 4. The van der Waals surface area contributed by atoms with Crippen molar-refractivity contribution in [2.24, 2.45) is 0 Å². The number of nitrogens with zero attached hydrogens (tertiary/aromatic N) is 4. The highest BCUT2D eigenvalue weighted by Gasteiger charge is 2.19. The average Bonchev–Trinajstić information content (AvgIpc) is 3.37. The van der Waals surface area contributed by atoms with E-state index < -0.39 is 0 Å². The predicted molar refractivity (Wildman–Crippen MR) is 126 cm³/mol. The number of hydrogen-bond donors (Lipinski definition) is 1. The third kappa shape index (κ3) is 3.96. The second-order valence-electron chi connectivity index (χ2n) is 7.65. The number of fused-ring (bicyclic) bond motifs is 1. The second-order valence-corrected chi connectivity index (χ2v) is 7.65. The SMILES string of the molecule is Nc1nccc2ccc(C3=CCN(C(=O)c4ccc(C#Cn5ccnc5)cc4)CC3)cc12. The summed E-state index contributed by atoms with van der Waals surface area (Å²) >= 11 is 0. The van der Waals surface area contributed by atoms with Gasteiger partial charge in [0, 0.05) is 54.2 Å². The predicted octanol–water partition coefficient (Wildman–Crippen LogP) is 3.80. The lowest BCUT2D eigenvalue weighted by atomic mass is 9.97. The largest absolute Gasteiger partial charge is 0.383 e. The minimum Gasteiger partial charge on any atom is -0.383 e. The Labute approximate surface area is 186 Å². The van der Waals surface area contributed by atoms with E-state index in [0.29, 0.717) is 24.5 Å². The summed E-state index contributed by atoms with van der Waals surface area (Å²) in [4.78, 5) is 23.0. The van der Waals surface area contributed by atoms with Gasteiger partial charge in [0.2, 0.25) is 0 Å². The number of amides is 1. The van der Waals surface area contributed by atoms with Gasteiger partial charge < -0.3 is 10.6 Å². The molecule has 1 aliphatic rings. The van der Waals surface area contributed by atoms with Crippen molar-refractivity contribution >= 4 is 28.1 Å². The molecule has 32 heavy (non-hydrogen) atoms. The van der Waals surface area contributed by atoms with Gasteiger partial charge in [-0.05, 0) is 65.3 Å². The first kappa shape index (κ1) is 19.6. The van der Waals surface area contributed by atoms with Gasteiger partial charge >= 0.3 is 0 Å². The maximum absolute atomic E-state index is 12.9. The Bertz CT molecular complexity index is 1380. The first-order valence-electron chi connectivity index (χ1n) is 10.4. The van der Waals surface area contributed by atoms with E-state index in [-0.39, 0.29) is 5.91 Å². The van der Waals surface area contributed by atoms with Gasteiger partial charge in [0.1, 0.15) is 12.1 Å². The molecular weight excluding hydrogens is 398 g/mol. The van der Waals surface area contributed by atoms with Crippen molar-refractivity contribution in [1.29, 1.82) is 0 Å². The summed E-state index contributed by atoms with van der Waals surface area (Å²) in [6.45, 7) is 1.25. The molecule has 156 valence electrons. The summed E-state index contributed by atoms with van der Waals surface area (Å²) < 4.78 is 1.69. The molecule has 5 rings (SSSR count). The molecule has 6 heteroatoms. The average molecular weight is 419 g/mol. The van der Waals surface area contributed by atoms with Gasteiger partial charge in [-0.15, -0.1) is 0 Å². The Morgan fingerprint density at radius 1 is 1.06 bits per heavy atom. The van der Waals surface area contributed by atoms with Crippen molar-refractivity contribution < 1.29 is 4.79 Å². The number of pyridine rings is 1. The van der Waals surface area contributed by atoms with Crippen LogP contribution >= 0.6 is 0 Å². The Kier molecular flexibility index (Phi) is 5.14.